The summed E-state index contributed by atoms with van der Waals surface area (Å²) in [5.74, 6) is 0. The van der Waals surface area contributed by atoms with Crippen molar-refractivity contribution in [3.63, 3.8) is 0 Å². The second-order valence-corrected chi connectivity index (χ2v) is 12.2. The van der Waals surface area contributed by atoms with Crippen molar-refractivity contribution in [3.8, 4) is 0 Å². The lowest BCUT2D eigenvalue weighted by molar-refractivity contribution is 0.837. The van der Waals surface area contributed by atoms with Gasteiger partial charge in [0.15, 0.2) is 0 Å². The van der Waals surface area contributed by atoms with Crippen molar-refractivity contribution in [3.05, 3.63) is 42.5 Å². The Kier molecular flexibility index (Phi) is 4.98. The molecule has 0 saturated carbocycles. The molecule has 0 aliphatic carbocycles. The van der Waals surface area contributed by atoms with E-state index in [1.807, 2.05) is 0 Å². The van der Waals surface area contributed by atoms with Crippen LogP contribution in [0.25, 0.3) is 5.20 Å². The minimum atomic E-state index is -1.57. The number of hydrogen-bond donors (Lipinski definition) is 0. The quantitative estimate of drug-likeness (QED) is 0.577. The second-order valence-electron chi connectivity index (χ2n) is 6.24. The van der Waals surface area contributed by atoms with Crippen molar-refractivity contribution in [1.29, 1.82) is 0 Å². The number of rotatable bonds is 5. The second kappa shape index (κ2) is 5.88. The van der Waals surface area contributed by atoms with Crippen LogP contribution in [0.15, 0.2) is 36.9 Å². The van der Waals surface area contributed by atoms with Gasteiger partial charge in [0.25, 0.3) is 0 Å². The summed E-state index contributed by atoms with van der Waals surface area (Å²) in [5.41, 5.74) is 3.53. The Morgan fingerprint density at radius 2 is 1.22 bits per heavy atom. The molecule has 1 aromatic carbocycles. The fourth-order valence-corrected chi connectivity index (χ4v) is 10.7. The molecule has 0 N–H and O–H groups in total. The Labute approximate surface area is 114 Å². The summed E-state index contributed by atoms with van der Waals surface area (Å²) < 4.78 is 0. The molecule has 0 aliphatic heterocycles. The monoisotopic (exact) mass is 260 g/mol. The summed E-state index contributed by atoms with van der Waals surface area (Å²) in [4.78, 5) is 0. The zero-order chi connectivity index (χ0) is 13.9. The highest BCUT2D eigenvalue weighted by atomic mass is 28.3. The van der Waals surface area contributed by atoms with E-state index >= 15 is 0 Å². The highest BCUT2D eigenvalue weighted by molar-refractivity contribution is 6.99. The van der Waals surface area contributed by atoms with E-state index in [2.05, 4.69) is 78.5 Å². The first-order chi connectivity index (χ1) is 8.35. The lowest BCUT2D eigenvalue weighted by Crippen LogP contribution is -2.45. The maximum Gasteiger partial charge on any atom is 0.0942 e. The van der Waals surface area contributed by atoms with Crippen molar-refractivity contribution in [2.75, 3.05) is 0 Å². The molecule has 100 valence electrons. The van der Waals surface area contributed by atoms with Gasteiger partial charge >= 0.3 is 0 Å². The number of hydrogen-bond acceptors (Lipinski definition) is 0. The van der Waals surface area contributed by atoms with Gasteiger partial charge < -0.3 is 0 Å². The van der Waals surface area contributed by atoms with Crippen molar-refractivity contribution in [2.24, 2.45) is 0 Å². The maximum atomic E-state index is 4.52. The van der Waals surface area contributed by atoms with Gasteiger partial charge in [-0.3, -0.25) is 0 Å². The van der Waals surface area contributed by atoms with E-state index in [1.54, 1.807) is 0 Å². The summed E-state index contributed by atoms with van der Waals surface area (Å²) in [6.45, 7) is 18.9. The first-order valence-corrected chi connectivity index (χ1v) is 9.33. The fraction of sp³-hybridized carbons (Fsp3) is 0.529. The lowest BCUT2D eigenvalue weighted by atomic mass is 10.2. The molecule has 0 saturated heterocycles. The van der Waals surface area contributed by atoms with Crippen LogP contribution in [-0.4, -0.2) is 8.07 Å². The molecule has 1 aromatic rings. The first-order valence-electron chi connectivity index (χ1n) is 7.09. The van der Waals surface area contributed by atoms with Gasteiger partial charge in [-0.15, -0.1) is 0 Å². The highest BCUT2D eigenvalue weighted by Crippen LogP contribution is 2.48. The van der Waals surface area contributed by atoms with Crippen LogP contribution >= 0.6 is 0 Å². The van der Waals surface area contributed by atoms with Crippen LogP contribution in [-0.2, 0) is 0 Å². The Morgan fingerprint density at radius 3 is 1.56 bits per heavy atom. The Balaban J connectivity index is 3.32. The fourth-order valence-electron chi connectivity index (χ4n) is 3.93. The summed E-state index contributed by atoms with van der Waals surface area (Å²) in [7, 11) is -1.57. The van der Waals surface area contributed by atoms with Gasteiger partial charge in [-0.05, 0) is 22.2 Å². The van der Waals surface area contributed by atoms with Crippen LogP contribution in [0.2, 0.25) is 16.6 Å². The topological polar surface area (TPSA) is 0 Å². The van der Waals surface area contributed by atoms with Crippen LogP contribution < -0.4 is 0 Å². The molecule has 0 atom stereocenters. The van der Waals surface area contributed by atoms with Crippen LogP contribution in [0.3, 0.4) is 0 Å². The van der Waals surface area contributed by atoms with Crippen LogP contribution in [0.4, 0.5) is 0 Å². The maximum absolute atomic E-state index is 4.52. The average molecular weight is 260 g/mol. The summed E-state index contributed by atoms with van der Waals surface area (Å²) in [5, 5.41) is 1.43. The van der Waals surface area contributed by atoms with Crippen molar-refractivity contribution >= 4 is 13.3 Å². The molecule has 0 aromatic heterocycles. The van der Waals surface area contributed by atoms with Gasteiger partial charge in [-0.25, -0.2) is 0 Å². The molecule has 0 heterocycles. The van der Waals surface area contributed by atoms with E-state index in [9.17, 15) is 0 Å². The van der Waals surface area contributed by atoms with Gasteiger partial charge in [0.05, 0.1) is 8.07 Å². The van der Waals surface area contributed by atoms with E-state index in [-0.39, 0.29) is 0 Å². The largest absolute Gasteiger partial charge is 0.0992 e. The van der Waals surface area contributed by atoms with Crippen molar-refractivity contribution < 1.29 is 0 Å². The van der Waals surface area contributed by atoms with E-state index in [4.69, 9.17) is 0 Å². The minimum absolute atomic E-state index is 0.727. The molecule has 1 rings (SSSR count). The molecule has 0 spiro atoms. The molecule has 0 aliphatic rings. The van der Waals surface area contributed by atoms with Gasteiger partial charge in [0, 0.05) is 0 Å². The van der Waals surface area contributed by atoms with E-state index in [0.29, 0.717) is 0 Å². The number of benzene rings is 1. The zero-order valence-electron chi connectivity index (χ0n) is 12.8. The normalized spacial score (nSPS) is 12.5. The standard InChI is InChI=1S/C17H28Si/c1-13(2)18(14(3)4,15(5)6)16(7)17-11-9-8-10-12-17/h8-15H,7H2,1-6H3. The van der Waals surface area contributed by atoms with E-state index in [1.165, 1.54) is 10.8 Å². The highest BCUT2D eigenvalue weighted by Gasteiger charge is 2.45. The molecule has 0 radical (unpaired) electrons. The summed E-state index contributed by atoms with van der Waals surface area (Å²) >= 11 is 0. The first kappa shape index (κ1) is 15.2. The minimum Gasteiger partial charge on any atom is -0.0992 e. The molecular formula is C17H28Si. The molecule has 0 nitrogen and oxygen atoms in total. The predicted molar refractivity (Wildman–Crippen MR) is 86.5 cm³/mol. The molecule has 0 unspecified atom stereocenters. The van der Waals surface area contributed by atoms with Crippen LogP contribution in [0.5, 0.6) is 0 Å². The SMILES string of the molecule is C=C(c1ccccc1)[Si](C(C)C)(C(C)C)C(C)C. The van der Waals surface area contributed by atoms with Crippen LogP contribution in [0.1, 0.15) is 47.1 Å². The third-order valence-corrected chi connectivity index (χ3v) is 11.6. The van der Waals surface area contributed by atoms with Gasteiger partial charge in [-0.1, -0.05) is 83.6 Å². The molecule has 0 amide bonds. The smallest absolute Gasteiger partial charge is 0.0942 e. The molecule has 1 heteroatoms. The summed E-state index contributed by atoms with van der Waals surface area (Å²) in [6.07, 6.45) is 0. The Morgan fingerprint density at radius 1 is 0.833 bits per heavy atom. The van der Waals surface area contributed by atoms with Crippen LogP contribution in [0, 0.1) is 0 Å². The van der Waals surface area contributed by atoms with Crippen molar-refractivity contribution in [1.82, 2.24) is 0 Å². The predicted octanol–water partition coefficient (Wildman–Crippen LogP) is 5.92. The Hall–Kier alpha value is -0.823. The molecule has 0 bridgehead atoms. The molecule has 18 heavy (non-hydrogen) atoms. The van der Waals surface area contributed by atoms with E-state index < -0.39 is 8.07 Å². The molecular weight excluding hydrogens is 232 g/mol. The van der Waals surface area contributed by atoms with E-state index in [0.717, 1.165) is 16.6 Å². The lowest BCUT2D eigenvalue weighted by Gasteiger charge is -2.45. The van der Waals surface area contributed by atoms with Gasteiger partial charge in [-0.2, -0.15) is 0 Å². The summed E-state index contributed by atoms with van der Waals surface area (Å²) in [6, 6.07) is 10.8. The third kappa shape index (κ3) is 2.47. The van der Waals surface area contributed by atoms with Gasteiger partial charge in [0.1, 0.15) is 0 Å². The molecule has 0 fully saturated rings. The Bertz CT molecular complexity index is 366. The van der Waals surface area contributed by atoms with Crippen molar-refractivity contribution in [2.45, 2.75) is 58.2 Å². The average Bonchev–Trinajstić information content (AvgIpc) is 2.29. The zero-order valence-corrected chi connectivity index (χ0v) is 13.8. The third-order valence-electron chi connectivity index (χ3n) is 4.51. The van der Waals surface area contributed by atoms with Gasteiger partial charge in [0.2, 0.25) is 0 Å².